The van der Waals surface area contributed by atoms with Crippen LogP contribution in [0.2, 0.25) is 0 Å². The normalized spacial score (nSPS) is 12.3. The predicted octanol–water partition coefficient (Wildman–Crippen LogP) is 3.30. The topological polar surface area (TPSA) is 121 Å². The maximum atomic E-state index is 11.6. The van der Waals surface area contributed by atoms with Crippen LogP contribution in [0.1, 0.15) is 63.0 Å². The minimum absolute atomic E-state index is 0.0994. The Morgan fingerprint density at radius 1 is 0.955 bits per heavy atom. The third kappa shape index (κ3) is 2.84. The molecule has 1 aromatic rings. The molecule has 0 atom stereocenters. The summed E-state index contributed by atoms with van der Waals surface area (Å²) in [6.07, 6.45) is 0. The Bertz CT molecular complexity index is 608. The van der Waals surface area contributed by atoms with Crippen LogP contribution in [0.3, 0.4) is 0 Å². The van der Waals surface area contributed by atoms with Crippen molar-refractivity contribution in [3.05, 3.63) is 26.8 Å². The summed E-state index contributed by atoms with van der Waals surface area (Å²) in [5, 5.41) is 41.3. The summed E-state index contributed by atoms with van der Waals surface area (Å²) >= 11 is 0. The molecular formula is C15H21NO6. The maximum Gasteiger partial charge on any atom is 0.343 e. The predicted molar refractivity (Wildman–Crippen MR) is 80.8 cm³/mol. The van der Waals surface area contributed by atoms with Gasteiger partial charge in [-0.2, -0.15) is 0 Å². The van der Waals surface area contributed by atoms with Gasteiger partial charge in [-0.25, -0.2) is 4.79 Å². The van der Waals surface area contributed by atoms with E-state index in [1.54, 1.807) is 41.5 Å². The molecular weight excluding hydrogens is 290 g/mol. The highest BCUT2D eigenvalue weighted by atomic mass is 16.6. The van der Waals surface area contributed by atoms with E-state index in [-0.39, 0.29) is 11.1 Å². The Balaban J connectivity index is 4.21. The summed E-state index contributed by atoms with van der Waals surface area (Å²) < 4.78 is 0. The van der Waals surface area contributed by atoms with Crippen molar-refractivity contribution in [1.82, 2.24) is 0 Å². The van der Waals surface area contributed by atoms with Crippen LogP contribution in [-0.4, -0.2) is 26.2 Å². The molecule has 0 aliphatic carbocycles. The number of hydrogen-bond donors (Lipinski definition) is 3. The Hall–Kier alpha value is -2.31. The molecule has 0 saturated heterocycles. The summed E-state index contributed by atoms with van der Waals surface area (Å²) in [4.78, 5) is 22.3. The fourth-order valence-corrected chi connectivity index (χ4v) is 2.52. The van der Waals surface area contributed by atoms with Crippen molar-refractivity contribution in [1.29, 1.82) is 0 Å². The van der Waals surface area contributed by atoms with Gasteiger partial charge >= 0.3 is 5.97 Å². The highest BCUT2D eigenvalue weighted by Gasteiger charge is 2.41. The summed E-state index contributed by atoms with van der Waals surface area (Å²) in [5.74, 6) is -3.07. The van der Waals surface area contributed by atoms with Crippen molar-refractivity contribution >= 4 is 11.7 Å². The van der Waals surface area contributed by atoms with Gasteiger partial charge in [0.1, 0.15) is 17.1 Å². The Kier molecular flexibility index (Phi) is 4.16. The highest BCUT2D eigenvalue weighted by Crippen LogP contribution is 2.50. The summed E-state index contributed by atoms with van der Waals surface area (Å²) in [6.45, 7) is 9.77. The molecule has 0 aliphatic heterocycles. The number of nitrogens with zero attached hydrogens (tertiary/aromatic N) is 1. The molecule has 0 saturated carbocycles. The first-order chi connectivity index (χ1) is 9.71. The van der Waals surface area contributed by atoms with Crippen LogP contribution in [0.15, 0.2) is 0 Å². The lowest BCUT2D eigenvalue weighted by Crippen LogP contribution is -2.22. The first-order valence-corrected chi connectivity index (χ1v) is 6.71. The first kappa shape index (κ1) is 17.7. The van der Waals surface area contributed by atoms with Gasteiger partial charge in [0.2, 0.25) is 0 Å². The van der Waals surface area contributed by atoms with Crippen LogP contribution in [0.5, 0.6) is 11.5 Å². The van der Waals surface area contributed by atoms with Crippen molar-refractivity contribution in [2.24, 2.45) is 0 Å². The monoisotopic (exact) mass is 311 g/mol. The van der Waals surface area contributed by atoms with Crippen LogP contribution in [0.25, 0.3) is 0 Å². The Labute approximate surface area is 128 Å². The van der Waals surface area contributed by atoms with E-state index in [4.69, 9.17) is 0 Å². The van der Waals surface area contributed by atoms with Gasteiger partial charge in [0, 0.05) is 0 Å². The molecule has 22 heavy (non-hydrogen) atoms. The lowest BCUT2D eigenvalue weighted by atomic mass is 9.76. The van der Waals surface area contributed by atoms with Crippen molar-refractivity contribution in [2.75, 3.05) is 0 Å². The first-order valence-electron chi connectivity index (χ1n) is 6.71. The minimum atomic E-state index is -1.54. The molecule has 0 unspecified atom stereocenters. The van der Waals surface area contributed by atoms with Crippen LogP contribution in [0, 0.1) is 10.1 Å². The van der Waals surface area contributed by atoms with Gasteiger partial charge in [0.25, 0.3) is 5.69 Å². The zero-order valence-corrected chi connectivity index (χ0v) is 13.5. The van der Waals surface area contributed by atoms with Gasteiger partial charge < -0.3 is 15.3 Å². The van der Waals surface area contributed by atoms with Crippen LogP contribution in [0.4, 0.5) is 5.69 Å². The van der Waals surface area contributed by atoms with E-state index in [1.165, 1.54) is 0 Å². The molecule has 0 aromatic heterocycles. The number of aromatic hydroxyl groups is 2. The SMILES string of the molecule is CC(C)(C)c1c(O)c(C(=O)O)c(O)c(C(C)(C)C)c1[N+](=O)[O-]. The number of nitro benzene ring substituents is 1. The molecule has 3 N–H and O–H groups in total. The minimum Gasteiger partial charge on any atom is -0.506 e. The van der Waals surface area contributed by atoms with Crippen LogP contribution in [-0.2, 0) is 10.8 Å². The van der Waals surface area contributed by atoms with Gasteiger partial charge in [-0.05, 0) is 10.8 Å². The second-order valence-corrected chi connectivity index (χ2v) is 7.23. The lowest BCUT2D eigenvalue weighted by Gasteiger charge is -2.27. The standard InChI is InChI=1S/C15H21NO6/c1-14(2,3)8-10(16(21)22)9(15(4,5)6)12(18)7(11(8)17)13(19)20/h17-18H,1-6H3,(H,19,20). The number of nitro groups is 1. The molecule has 0 radical (unpaired) electrons. The number of hydrogen-bond acceptors (Lipinski definition) is 5. The van der Waals surface area contributed by atoms with Gasteiger partial charge in [0.15, 0.2) is 0 Å². The Morgan fingerprint density at radius 3 is 1.45 bits per heavy atom. The van der Waals surface area contributed by atoms with Gasteiger partial charge in [-0.1, -0.05) is 41.5 Å². The van der Waals surface area contributed by atoms with E-state index in [1.807, 2.05) is 0 Å². The van der Waals surface area contributed by atoms with Crippen molar-refractivity contribution in [3.8, 4) is 11.5 Å². The molecule has 0 heterocycles. The molecule has 0 bridgehead atoms. The van der Waals surface area contributed by atoms with E-state index in [0.29, 0.717) is 0 Å². The van der Waals surface area contributed by atoms with E-state index in [2.05, 4.69) is 0 Å². The molecule has 0 spiro atoms. The number of rotatable bonds is 2. The fourth-order valence-electron chi connectivity index (χ4n) is 2.52. The molecule has 1 rings (SSSR count). The average Bonchev–Trinajstić information content (AvgIpc) is 2.22. The highest BCUT2D eigenvalue weighted by molar-refractivity contribution is 5.97. The van der Waals surface area contributed by atoms with Gasteiger partial charge in [-0.3, -0.25) is 10.1 Å². The van der Waals surface area contributed by atoms with Crippen molar-refractivity contribution in [3.63, 3.8) is 0 Å². The van der Waals surface area contributed by atoms with Crippen molar-refractivity contribution < 1.29 is 25.0 Å². The van der Waals surface area contributed by atoms with Crippen LogP contribution >= 0.6 is 0 Å². The molecule has 0 fully saturated rings. The Morgan fingerprint density at radius 2 is 1.27 bits per heavy atom. The fraction of sp³-hybridized carbons (Fsp3) is 0.533. The van der Waals surface area contributed by atoms with Crippen molar-refractivity contribution in [2.45, 2.75) is 52.4 Å². The third-order valence-corrected chi connectivity index (χ3v) is 3.32. The second kappa shape index (κ2) is 5.15. The largest absolute Gasteiger partial charge is 0.506 e. The zero-order valence-electron chi connectivity index (χ0n) is 13.5. The van der Waals surface area contributed by atoms with Gasteiger partial charge in [0.05, 0.1) is 16.1 Å². The molecule has 7 nitrogen and oxygen atoms in total. The molecule has 0 amide bonds. The van der Waals surface area contributed by atoms with E-state index >= 15 is 0 Å². The van der Waals surface area contributed by atoms with E-state index < -0.39 is 44.5 Å². The second-order valence-electron chi connectivity index (χ2n) is 7.23. The number of carboxylic acids is 1. The molecule has 1 aromatic carbocycles. The average molecular weight is 311 g/mol. The molecule has 7 heteroatoms. The maximum absolute atomic E-state index is 11.6. The van der Waals surface area contributed by atoms with Crippen LogP contribution < -0.4 is 0 Å². The third-order valence-electron chi connectivity index (χ3n) is 3.32. The summed E-state index contributed by atoms with van der Waals surface area (Å²) in [5.41, 5.74) is -3.12. The number of phenols is 2. The van der Waals surface area contributed by atoms with Gasteiger partial charge in [-0.15, -0.1) is 0 Å². The lowest BCUT2D eigenvalue weighted by molar-refractivity contribution is -0.387. The number of carboxylic acid groups (broad SMARTS) is 1. The van der Waals surface area contributed by atoms with E-state index in [0.717, 1.165) is 0 Å². The summed E-state index contributed by atoms with van der Waals surface area (Å²) in [7, 11) is 0. The smallest absolute Gasteiger partial charge is 0.343 e. The quantitative estimate of drug-likeness (QED) is 0.569. The zero-order chi connectivity index (χ0) is 17.6. The summed E-state index contributed by atoms with van der Waals surface area (Å²) in [6, 6.07) is 0. The molecule has 122 valence electrons. The number of carbonyl (C=O) groups is 1. The number of benzene rings is 1. The van der Waals surface area contributed by atoms with E-state index in [9.17, 15) is 30.2 Å². The molecule has 0 aliphatic rings. The number of aromatic carboxylic acids is 1.